The molecule has 0 aliphatic carbocycles. The number of rotatable bonds is 8. The monoisotopic (exact) mass is 415 g/mol. The standard InChI is InChI=1S/C20H21N3O5S/c1-2-28-18(24)12-13-22(14-15-8-4-3-5-9-15)20(29)21-19(25)16-10-6-7-11-17(16)23(26)27/h3-11H,2,12-14H2,1H3,(H,21,25,29). The first-order valence-corrected chi connectivity index (χ1v) is 9.36. The summed E-state index contributed by atoms with van der Waals surface area (Å²) in [5, 5.41) is 13.8. The van der Waals surface area contributed by atoms with Crippen LogP contribution in [0.4, 0.5) is 5.69 Å². The van der Waals surface area contributed by atoms with E-state index in [0.29, 0.717) is 6.54 Å². The second kappa shape index (κ2) is 10.9. The van der Waals surface area contributed by atoms with Gasteiger partial charge in [0, 0.05) is 19.2 Å². The third kappa shape index (κ3) is 6.65. The fraction of sp³-hybridized carbons (Fsp3) is 0.250. The van der Waals surface area contributed by atoms with E-state index in [1.807, 2.05) is 30.3 Å². The first-order valence-electron chi connectivity index (χ1n) is 8.95. The smallest absolute Gasteiger partial charge is 0.307 e. The van der Waals surface area contributed by atoms with Crippen LogP contribution in [0.25, 0.3) is 0 Å². The van der Waals surface area contributed by atoms with Gasteiger partial charge in [-0.1, -0.05) is 42.5 Å². The van der Waals surface area contributed by atoms with Gasteiger partial charge in [0.05, 0.1) is 18.0 Å². The van der Waals surface area contributed by atoms with Crippen molar-refractivity contribution in [1.29, 1.82) is 0 Å². The minimum atomic E-state index is -0.684. The minimum absolute atomic E-state index is 0.0707. The number of benzene rings is 2. The Morgan fingerprint density at radius 1 is 1.14 bits per heavy atom. The molecule has 0 aromatic heterocycles. The van der Waals surface area contributed by atoms with Crippen LogP contribution in [0.1, 0.15) is 29.3 Å². The molecule has 1 amide bonds. The second-order valence-corrected chi connectivity index (χ2v) is 6.38. The van der Waals surface area contributed by atoms with Gasteiger partial charge < -0.3 is 9.64 Å². The molecule has 0 unspecified atom stereocenters. The normalized spacial score (nSPS) is 10.1. The molecule has 2 rings (SSSR count). The summed E-state index contributed by atoms with van der Waals surface area (Å²) in [5.41, 5.74) is 0.525. The Morgan fingerprint density at radius 2 is 1.79 bits per heavy atom. The SMILES string of the molecule is CCOC(=O)CCN(Cc1ccccc1)C(=S)NC(=O)c1ccccc1[N+](=O)[O-]. The van der Waals surface area contributed by atoms with Crippen molar-refractivity contribution in [1.82, 2.24) is 10.2 Å². The molecular weight excluding hydrogens is 394 g/mol. The van der Waals surface area contributed by atoms with Crippen LogP contribution in [0.15, 0.2) is 54.6 Å². The Kier molecular flexibility index (Phi) is 8.23. The number of amides is 1. The van der Waals surface area contributed by atoms with E-state index >= 15 is 0 Å². The average Bonchev–Trinajstić information content (AvgIpc) is 2.71. The van der Waals surface area contributed by atoms with Gasteiger partial charge in [-0.15, -0.1) is 0 Å². The van der Waals surface area contributed by atoms with Gasteiger partial charge in [-0.25, -0.2) is 0 Å². The summed E-state index contributed by atoms with van der Waals surface area (Å²) in [7, 11) is 0. The summed E-state index contributed by atoms with van der Waals surface area (Å²) in [6, 6.07) is 15.0. The van der Waals surface area contributed by atoms with Gasteiger partial charge in [-0.05, 0) is 30.8 Å². The van der Waals surface area contributed by atoms with E-state index in [1.165, 1.54) is 24.3 Å². The lowest BCUT2D eigenvalue weighted by Crippen LogP contribution is -2.43. The number of nitrogens with one attached hydrogen (secondary N) is 1. The zero-order valence-electron chi connectivity index (χ0n) is 15.9. The molecule has 0 bridgehead atoms. The van der Waals surface area contributed by atoms with Crippen molar-refractivity contribution < 1.29 is 19.2 Å². The van der Waals surface area contributed by atoms with Crippen molar-refractivity contribution in [3.63, 3.8) is 0 Å². The minimum Gasteiger partial charge on any atom is -0.466 e. The largest absolute Gasteiger partial charge is 0.466 e. The van der Waals surface area contributed by atoms with Crippen LogP contribution in [0, 0.1) is 10.1 Å². The Balaban J connectivity index is 2.14. The Hall–Kier alpha value is -3.33. The maximum Gasteiger partial charge on any atom is 0.307 e. The zero-order chi connectivity index (χ0) is 21.2. The highest BCUT2D eigenvalue weighted by atomic mass is 32.1. The molecule has 0 aliphatic rings. The Morgan fingerprint density at radius 3 is 2.45 bits per heavy atom. The molecule has 9 heteroatoms. The van der Waals surface area contributed by atoms with E-state index in [0.717, 1.165) is 5.56 Å². The van der Waals surface area contributed by atoms with E-state index in [9.17, 15) is 19.7 Å². The van der Waals surface area contributed by atoms with Crippen LogP contribution in [0.2, 0.25) is 0 Å². The van der Waals surface area contributed by atoms with Crippen LogP contribution in [-0.4, -0.2) is 40.0 Å². The summed E-state index contributed by atoms with van der Waals surface area (Å²) in [4.78, 5) is 36.5. The molecule has 152 valence electrons. The van der Waals surface area contributed by atoms with Crippen molar-refractivity contribution in [2.45, 2.75) is 19.9 Å². The van der Waals surface area contributed by atoms with Crippen LogP contribution in [-0.2, 0) is 16.1 Å². The summed E-state index contributed by atoms with van der Waals surface area (Å²) in [5.74, 6) is -1.06. The molecule has 0 spiro atoms. The lowest BCUT2D eigenvalue weighted by molar-refractivity contribution is -0.385. The van der Waals surface area contributed by atoms with Crippen molar-refractivity contribution in [3.8, 4) is 0 Å². The van der Waals surface area contributed by atoms with E-state index in [4.69, 9.17) is 17.0 Å². The number of para-hydroxylation sites is 1. The molecule has 2 aromatic rings. The number of nitro groups is 1. The summed E-state index contributed by atoms with van der Waals surface area (Å²) >= 11 is 5.35. The lowest BCUT2D eigenvalue weighted by atomic mass is 10.1. The molecule has 0 radical (unpaired) electrons. The average molecular weight is 415 g/mol. The van der Waals surface area contributed by atoms with Crippen LogP contribution < -0.4 is 5.32 Å². The third-order valence-electron chi connectivity index (χ3n) is 3.96. The molecule has 0 heterocycles. The quantitative estimate of drug-likeness (QED) is 0.306. The molecule has 1 N–H and O–H groups in total. The van der Waals surface area contributed by atoms with Gasteiger partial charge >= 0.3 is 5.97 Å². The first-order chi connectivity index (χ1) is 13.9. The van der Waals surface area contributed by atoms with Gasteiger partial charge in [0.2, 0.25) is 0 Å². The molecule has 0 saturated heterocycles. The number of hydrogen-bond donors (Lipinski definition) is 1. The van der Waals surface area contributed by atoms with Crippen molar-refractivity contribution in [2.24, 2.45) is 0 Å². The first kappa shape index (κ1) is 22.0. The maximum atomic E-state index is 12.6. The Labute approximate surface area is 173 Å². The van der Waals surface area contributed by atoms with Gasteiger partial charge in [-0.3, -0.25) is 25.0 Å². The second-order valence-electron chi connectivity index (χ2n) is 6.00. The number of nitro benzene ring substituents is 1. The maximum absolute atomic E-state index is 12.6. The van der Waals surface area contributed by atoms with Gasteiger partial charge in [0.25, 0.3) is 11.6 Å². The predicted octanol–water partition coefficient (Wildman–Crippen LogP) is 3.06. The molecule has 0 fully saturated rings. The Bertz CT molecular complexity index is 889. The molecule has 0 aliphatic heterocycles. The number of carbonyl (C=O) groups excluding carboxylic acids is 2. The van der Waals surface area contributed by atoms with Crippen LogP contribution >= 0.6 is 12.2 Å². The van der Waals surface area contributed by atoms with Crippen LogP contribution in [0.5, 0.6) is 0 Å². The molecule has 2 aromatic carbocycles. The number of carbonyl (C=O) groups is 2. The molecular formula is C20H21N3O5S. The van der Waals surface area contributed by atoms with E-state index < -0.39 is 10.8 Å². The topological polar surface area (TPSA) is 102 Å². The van der Waals surface area contributed by atoms with Gasteiger partial charge in [-0.2, -0.15) is 0 Å². The van der Waals surface area contributed by atoms with Crippen LogP contribution in [0.3, 0.4) is 0 Å². The lowest BCUT2D eigenvalue weighted by Gasteiger charge is -2.25. The van der Waals surface area contributed by atoms with Gasteiger partial charge in [0.15, 0.2) is 5.11 Å². The molecule has 0 atom stereocenters. The molecule has 0 saturated carbocycles. The number of ether oxygens (including phenoxy) is 1. The van der Waals surface area contributed by atoms with E-state index in [-0.39, 0.29) is 41.9 Å². The molecule has 8 nitrogen and oxygen atoms in total. The van der Waals surface area contributed by atoms with Crippen molar-refractivity contribution >= 4 is 34.9 Å². The zero-order valence-corrected chi connectivity index (χ0v) is 16.7. The van der Waals surface area contributed by atoms with Gasteiger partial charge in [0.1, 0.15) is 5.56 Å². The highest BCUT2D eigenvalue weighted by Crippen LogP contribution is 2.17. The number of thiocarbonyl (C=S) groups is 1. The third-order valence-corrected chi connectivity index (χ3v) is 4.32. The van der Waals surface area contributed by atoms with E-state index in [2.05, 4.69) is 5.32 Å². The fourth-order valence-corrected chi connectivity index (χ4v) is 2.83. The molecule has 29 heavy (non-hydrogen) atoms. The number of esters is 1. The van der Waals surface area contributed by atoms with E-state index in [1.54, 1.807) is 11.8 Å². The highest BCUT2D eigenvalue weighted by molar-refractivity contribution is 7.80. The predicted molar refractivity (Wildman–Crippen MR) is 111 cm³/mol. The fourth-order valence-electron chi connectivity index (χ4n) is 2.58. The van der Waals surface area contributed by atoms with Crippen molar-refractivity contribution in [3.05, 3.63) is 75.8 Å². The summed E-state index contributed by atoms with van der Waals surface area (Å²) in [6.07, 6.45) is 0.0855. The number of hydrogen-bond acceptors (Lipinski definition) is 6. The number of nitrogens with zero attached hydrogens (tertiary/aromatic N) is 2. The summed E-state index contributed by atoms with van der Waals surface area (Å²) < 4.78 is 4.94. The van der Waals surface area contributed by atoms with Crippen molar-refractivity contribution in [2.75, 3.05) is 13.2 Å². The highest BCUT2D eigenvalue weighted by Gasteiger charge is 2.22. The summed E-state index contributed by atoms with van der Waals surface area (Å²) in [6.45, 7) is 2.58.